The van der Waals surface area contributed by atoms with Crippen molar-refractivity contribution in [3.8, 4) is 0 Å². The van der Waals surface area contributed by atoms with Crippen molar-refractivity contribution >= 4 is 26.9 Å². The lowest BCUT2D eigenvalue weighted by Crippen LogP contribution is -2.09. The topological polar surface area (TPSA) is 25.2 Å². The molecule has 92 valence electrons. The number of fused-ring (bicyclic) bond motifs is 1. The minimum absolute atomic E-state index is 0.471. The fraction of sp³-hybridized carbons (Fsp3) is 0.429. The van der Waals surface area contributed by atoms with Crippen LogP contribution in [0.3, 0.4) is 0 Å². The molecule has 2 nitrogen and oxygen atoms in total. The molecule has 0 saturated carbocycles. The summed E-state index contributed by atoms with van der Waals surface area (Å²) in [6.45, 7) is 5.35. The normalized spacial score (nSPS) is 11.6. The van der Waals surface area contributed by atoms with Crippen molar-refractivity contribution in [1.82, 2.24) is 5.32 Å². The smallest absolute Gasteiger partial charge is 0.137 e. The van der Waals surface area contributed by atoms with Crippen molar-refractivity contribution in [3.63, 3.8) is 0 Å². The summed E-state index contributed by atoms with van der Waals surface area (Å²) in [6, 6.07) is 4.30. The second-order valence-corrected chi connectivity index (χ2v) is 5.56. The molecule has 0 fully saturated rings. The van der Waals surface area contributed by atoms with E-state index in [1.165, 1.54) is 16.5 Å². The van der Waals surface area contributed by atoms with Gasteiger partial charge in [0, 0.05) is 9.86 Å². The zero-order chi connectivity index (χ0) is 12.4. The summed E-state index contributed by atoms with van der Waals surface area (Å²) in [6.07, 6.45) is 2.89. The van der Waals surface area contributed by atoms with Gasteiger partial charge < -0.3 is 9.73 Å². The average molecular weight is 296 g/mol. The summed E-state index contributed by atoms with van der Waals surface area (Å²) in [5.74, 6) is 0.471. The SMILES string of the molecule is CNCCc1coc2c(C(C)C)cc(Br)cc12. The summed E-state index contributed by atoms with van der Waals surface area (Å²) in [4.78, 5) is 0. The molecular weight excluding hydrogens is 278 g/mol. The number of rotatable bonds is 4. The molecule has 0 spiro atoms. The summed E-state index contributed by atoms with van der Waals surface area (Å²) in [5.41, 5.74) is 3.58. The van der Waals surface area contributed by atoms with Crippen molar-refractivity contribution in [2.75, 3.05) is 13.6 Å². The van der Waals surface area contributed by atoms with Gasteiger partial charge in [0.25, 0.3) is 0 Å². The van der Waals surface area contributed by atoms with Crippen molar-refractivity contribution < 1.29 is 4.42 Å². The summed E-state index contributed by atoms with van der Waals surface area (Å²) in [5, 5.41) is 4.40. The molecule has 0 aliphatic rings. The third-order valence-electron chi connectivity index (χ3n) is 3.01. The van der Waals surface area contributed by atoms with Gasteiger partial charge in [-0.3, -0.25) is 0 Å². The van der Waals surface area contributed by atoms with Gasteiger partial charge in [-0.25, -0.2) is 0 Å². The number of hydrogen-bond acceptors (Lipinski definition) is 2. The molecule has 2 rings (SSSR count). The van der Waals surface area contributed by atoms with Crippen LogP contribution in [0.25, 0.3) is 11.0 Å². The van der Waals surface area contributed by atoms with E-state index < -0.39 is 0 Å². The molecule has 0 unspecified atom stereocenters. The summed E-state index contributed by atoms with van der Waals surface area (Å²) < 4.78 is 6.87. The highest BCUT2D eigenvalue weighted by molar-refractivity contribution is 9.10. The maximum Gasteiger partial charge on any atom is 0.137 e. The first-order valence-corrected chi connectivity index (χ1v) is 6.77. The minimum atomic E-state index is 0.471. The molecular formula is C14H18BrNO. The van der Waals surface area contributed by atoms with E-state index in [1.54, 1.807) is 0 Å². The van der Waals surface area contributed by atoms with E-state index in [1.807, 2.05) is 13.3 Å². The second-order valence-electron chi connectivity index (χ2n) is 4.64. The van der Waals surface area contributed by atoms with Crippen molar-refractivity contribution in [1.29, 1.82) is 0 Å². The van der Waals surface area contributed by atoms with Gasteiger partial charge in [-0.2, -0.15) is 0 Å². The maximum atomic E-state index is 5.74. The van der Waals surface area contributed by atoms with E-state index in [4.69, 9.17) is 4.42 Å². The number of nitrogens with one attached hydrogen (secondary N) is 1. The van der Waals surface area contributed by atoms with Crippen LogP contribution in [0.5, 0.6) is 0 Å². The van der Waals surface area contributed by atoms with Crippen LogP contribution in [0, 0.1) is 0 Å². The predicted molar refractivity (Wildman–Crippen MR) is 75.6 cm³/mol. The van der Waals surface area contributed by atoms with E-state index in [2.05, 4.69) is 47.2 Å². The number of hydrogen-bond donors (Lipinski definition) is 1. The third kappa shape index (κ3) is 2.55. The van der Waals surface area contributed by atoms with E-state index >= 15 is 0 Å². The van der Waals surface area contributed by atoms with Crippen LogP contribution < -0.4 is 5.32 Å². The fourth-order valence-electron chi connectivity index (χ4n) is 2.06. The van der Waals surface area contributed by atoms with E-state index in [-0.39, 0.29) is 0 Å². The van der Waals surface area contributed by atoms with Crippen LogP contribution >= 0.6 is 15.9 Å². The summed E-state index contributed by atoms with van der Waals surface area (Å²) in [7, 11) is 1.97. The molecule has 3 heteroatoms. The van der Waals surface area contributed by atoms with Gasteiger partial charge in [-0.05, 0) is 49.2 Å². The molecule has 1 N–H and O–H groups in total. The van der Waals surface area contributed by atoms with Gasteiger partial charge in [-0.1, -0.05) is 29.8 Å². The van der Waals surface area contributed by atoms with Crippen LogP contribution in [-0.2, 0) is 6.42 Å². The average Bonchev–Trinajstić information content (AvgIpc) is 2.68. The van der Waals surface area contributed by atoms with E-state index in [0.29, 0.717) is 5.92 Å². The Morgan fingerprint density at radius 3 is 2.76 bits per heavy atom. The Morgan fingerprint density at radius 1 is 1.35 bits per heavy atom. The fourth-order valence-corrected chi connectivity index (χ4v) is 2.54. The van der Waals surface area contributed by atoms with Gasteiger partial charge >= 0.3 is 0 Å². The van der Waals surface area contributed by atoms with E-state index in [0.717, 1.165) is 23.0 Å². The van der Waals surface area contributed by atoms with Gasteiger partial charge in [0.05, 0.1) is 6.26 Å². The Bertz CT molecular complexity index is 516. The van der Waals surface area contributed by atoms with Crippen LogP contribution in [0.2, 0.25) is 0 Å². The quantitative estimate of drug-likeness (QED) is 0.919. The number of halogens is 1. The molecule has 1 heterocycles. The highest BCUT2D eigenvalue weighted by Gasteiger charge is 2.13. The van der Waals surface area contributed by atoms with Gasteiger partial charge in [-0.15, -0.1) is 0 Å². The number of furan rings is 1. The molecule has 17 heavy (non-hydrogen) atoms. The Balaban J connectivity index is 2.53. The highest BCUT2D eigenvalue weighted by Crippen LogP contribution is 2.32. The maximum absolute atomic E-state index is 5.74. The van der Waals surface area contributed by atoms with Gasteiger partial charge in [0.15, 0.2) is 0 Å². The first kappa shape index (κ1) is 12.7. The molecule has 1 aromatic carbocycles. The van der Waals surface area contributed by atoms with Crippen LogP contribution in [0.1, 0.15) is 30.9 Å². The molecule has 0 amide bonds. The lowest BCUT2D eigenvalue weighted by molar-refractivity contribution is 0.601. The van der Waals surface area contributed by atoms with Crippen molar-refractivity contribution in [2.45, 2.75) is 26.2 Å². The lowest BCUT2D eigenvalue weighted by atomic mass is 9.99. The number of benzene rings is 1. The molecule has 0 radical (unpaired) electrons. The molecule has 2 aromatic rings. The first-order chi connectivity index (χ1) is 8.13. The monoisotopic (exact) mass is 295 g/mol. The standard InChI is InChI=1S/C14H18BrNO/c1-9(2)12-6-11(15)7-13-10(4-5-16-3)8-17-14(12)13/h6-9,16H,4-5H2,1-3H3. The summed E-state index contributed by atoms with van der Waals surface area (Å²) >= 11 is 3.58. The lowest BCUT2D eigenvalue weighted by Gasteiger charge is -2.07. The van der Waals surface area contributed by atoms with Crippen molar-refractivity contribution in [3.05, 3.63) is 34.0 Å². The second kappa shape index (κ2) is 5.23. The molecule has 0 aliphatic heterocycles. The predicted octanol–water partition coefficient (Wildman–Crippen LogP) is 4.08. The zero-order valence-electron chi connectivity index (χ0n) is 10.5. The Morgan fingerprint density at radius 2 is 2.12 bits per heavy atom. The largest absolute Gasteiger partial charge is 0.464 e. The highest BCUT2D eigenvalue weighted by atomic mass is 79.9. The molecule has 0 bridgehead atoms. The minimum Gasteiger partial charge on any atom is -0.464 e. The van der Waals surface area contributed by atoms with Crippen molar-refractivity contribution in [2.24, 2.45) is 0 Å². The number of likely N-dealkylation sites (N-methyl/N-ethyl adjacent to an activating group) is 1. The van der Waals surface area contributed by atoms with Gasteiger partial charge in [0.1, 0.15) is 5.58 Å². The first-order valence-electron chi connectivity index (χ1n) is 5.97. The van der Waals surface area contributed by atoms with Gasteiger partial charge in [0.2, 0.25) is 0 Å². The van der Waals surface area contributed by atoms with Crippen LogP contribution in [-0.4, -0.2) is 13.6 Å². The third-order valence-corrected chi connectivity index (χ3v) is 3.47. The van der Waals surface area contributed by atoms with Crippen LogP contribution in [0.4, 0.5) is 0 Å². The molecule has 0 atom stereocenters. The van der Waals surface area contributed by atoms with E-state index in [9.17, 15) is 0 Å². The Hall–Kier alpha value is -0.800. The zero-order valence-corrected chi connectivity index (χ0v) is 12.1. The molecule has 0 saturated heterocycles. The Labute approximate surface area is 111 Å². The molecule has 1 aromatic heterocycles. The Kier molecular flexibility index (Phi) is 3.89. The molecule has 0 aliphatic carbocycles. The van der Waals surface area contributed by atoms with Crippen LogP contribution in [0.15, 0.2) is 27.3 Å².